The lowest BCUT2D eigenvalue weighted by Gasteiger charge is -2.32. The molecule has 8 nitrogen and oxygen atoms in total. The van der Waals surface area contributed by atoms with Crippen LogP contribution in [0.25, 0.3) is 0 Å². The molecular weight excluding hydrogens is 585 g/mol. The van der Waals surface area contributed by atoms with E-state index in [0.29, 0.717) is 22.2 Å². The van der Waals surface area contributed by atoms with Gasteiger partial charge in [-0.15, -0.1) is 0 Å². The quantitative estimate of drug-likeness (QED) is 0.281. The Morgan fingerprint density at radius 2 is 1.61 bits per heavy atom. The number of sulfonamides is 1. The van der Waals surface area contributed by atoms with Crippen LogP contribution >= 0.6 is 23.2 Å². The van der Waals surface area contributed by atoms with Crippen molar-refractivity contribution in [2.75, 3.05) is 24.5 Å². The van der Waals surface area contributed by atoms with Gasteiger partial charge in [-0.25, -0.2) is 8.42 Å². The predicted octanol–water partition coefficient (Wildman–Crippen LogP) is 5.70. The van der Waals surface area contributed by atoms with Crippen LogP contribution in [0, 0.1) is 12.8 Å². The highest BCUT2D eigenvalue weighted by molar-refractivity contribution is 7.92. The number of hydrogen-bond donors (Lipinski definition) is 1. The Labute approximate surface area is 252 Å². The van der Waals surface area contributed by atoms with Gasteiger partial charge in [0.25, 0.3) is 10.0 Å². The minimum atomic E-state index is -4.22. The molecule has 0 aliphatic rings. The topological polar surface area (TPSA) is 96.0 Å². The molecule has 3 rings (SSSR count). The highest BCUT2D eigenvalue weighted by Crippen LogP contribution is 2.33. The number of para-hydroxylation sites is 2. The largest absolute Gasteiger partial charge is 0.495 e. The molecule has 11 heteroatoms. The van der Waals surface area contributed by atoms with Gasteiger partial charge in [-0.05, 0) is 61.7 Å². The van der Waals surface area contributed by atoms with Crippen molar-refractivity contribution in [2.24, 2.45) is 5.92 Å². The lowest BCUT2D eigenvalue weighted by molar-refractivity contribution is -0.139. The molecule has 0 saturated heterocycles. The summed E-state index contributed by atoms with van der Waals surface area (Å²) in [5.41, 5.74) is 1.70. The standard InChI is InChI=1S/C30H35Cl2N3O5S/c1-20(2)17-33-30(37)22(4)34(18-23-12-15-25(31)26(32)16-23)29(36)19-35(27-8-6-7-9-28(27)40-5)41(38,39)24-13-10-21(3)11-14-24/h6-16,20,22H,17-19H2,1-5H3,(H,33,37)/t22-/m0/s1. The normalized spacial score (nSPS) is 12.1. The third-order valence-electron chi connectivity index (χ3n) is 6.43. The van der Waals surface area contributed by atoms with Gasteiger partial charge in [0.15, 0.2) is 0 Å². The number of amides is 2. The monoisotopic (exact) mass is 619 g/mol. The maximum atomic E-state index is 14.0. The number of nitrogens with one attached hydrogen (secondary N) is 1. The third-order valence-corrected chi connectivity index (χ3v) is 8.94. The molecule has 41 heavy (non-hydrogen) atoms. The van der Waals surface area contributed by atoms with E-state index in [1.54, 1.807) is 61.5 Å². The number of benzene rings is 3. The van der Waals surface area contributed by atoms with Crippen molar-refractivity contribution >= 4 is 50.7 Å². The molecule has 0 spiro atoms. The van der Waals surface area contributed by atoms with E-state index in [1.165, 1.54) is 24.1 Å². The highest BCUT2D eigenvalue weighted by atomic mass is 35.5. The average molecular weight is 621 g/mol. The first-order valence-electron chi connectivity index (χ1n) is 13.1. The van der Waals surface area contributed by atoms with Crippen molar-refractivity contribution < 1.29 is 22.7 Å². The van der Waals surface area contributed by atoms with Gasteiger partial charge in [-0.1, -0.05) is 72.9 Å². The molecule has 0 heterocycles. The van der Waals surface area contributed by atoms with Gasteiger partial charge in [-0.3, -0.25) is 13.9 Å². The third kappa shape index (κ3) is 8.15. The smallest absolute Gasteiger partial charge is 0.264 e. The SMILES string of the molecule is COc1ccccc1N(CC(=O)N(Cc1ccc(Cl)c(Cl)c1)[C@@H](C)C(=O)NCC(C)C)S(=O)(=O)c1ccc(C)cc1. The van der Waals surface area contributed by atoms with E-state index >= 15 is 0 Å². The first-order valence-corrected chi connectivity index (χ1v) is 15.3. The van der Waals surface area contributed by atoms with Crippen LogP contribution in [0.2, 0.25) is 10.0 Å². The number of hydrogen-bond acceptors (Lipinski definition) is 5. The molecule has 0 bridgehead atoms. The van der Waals surface area contributed by atoms with Gasteiger partial charge in [-0.2, -0.15) is 0 Å². The Morgan fingerprint density at radius 3 is 2.22 bits per heavy atom. The first-order chi connectivity index (χ1) is 19.3. The summed E-state index contributed by atoms with van der Waals surface area (Å²) in [5.74, 6) is -0.483. The van der Waals surface area contributed by atoms with E-state index in [-0.39, 0.29) is 34.7 Å². The predicted molar refractivity (Wildman–Crippen MR) is 163 cm³/mol. The molecule has 2 amide bonds. The van der Waals surface area contributed by atoms with Crippen LogP contribution in [-0.4, -0.2) is 51.4 Å². The maximum Gasteiger partial charge on any atom is 0.264 e. The van der Waals surface area contributed by atoms with Crippen LogP contribution < -0.4 is 14.4 Å². The van der Waals surface area contributed by atoms with Crippen LogP contribution in [0.4, 0.5) is 5.69 Å². The number of nitrogens with zero attached hydrogens (tertiary/aromatic N) is 2. The van der Waals surface area contributed by atoms with Crippen molar-refractivity contribution in [1.82, 2.24) is 10.2 Å². The molecule has 0 radical (unpaired) electrons. The van der Waals surface area contributed by atoms with Crippen molar-refractivity contribution in [2.45, 2.75) is 45.2 Å². The highest BCUT2D eigenvalue weighted by Gasteiger charge is 2.33. The molecule has 220 valence electrons. The van der Waals surface area contributed by atoms with E-state index in [9.17, 15) is 18.0 Å². The van der Waals surface area contributed by atoms with Gasteiger partial charge >= 0.3 is 0 Å². The van der Waals surface area contributed by atoms with Gasteiger partial charge in [0.1, 0.15) is 18.3 Å². The van der Waals surface area contributed by atoms with E-state index in [1.807, 2.05) is 20.8 Å². The molecule has 1 N–H and O–H groups in total. The number of carbonyl (C=O) groups excluding carboxylic acids is 2. The zero-order chi connectivity index (χ0) is 30.3. The van der Waals surface area contributed by atoms with E-state index in [0.717, 1.165) is 9.87 Å². The van der Waals surface area contributed by atoms with E-state index in [4.69, 9.17) is 27.9 Å². The van der Waals surface area contributed by atoms with E-state index < -0.39 is 28.5 Å². The summed E-state index contributed by atoms with van der Waals surface area (Å²) in [6.07, 6.45) is 0. The second-order valence-electron chi connectivity index (χ2n) is 10.1. The Kier molecular flexibility index (Phi) is 11.1. The van der Waals surface area contributed by atoms with Crippen LogP contribution in [-0.2, 0) is 26.2 Å². The molecule has 0 aromatic heterocycles. The molecule has 0 aliphatic heterocycles. The summed E-state index contributed by atoms with van der Waals surface area (Å²) in [4.78, 5) is 28.5. The molecule has 3 aromatic rings. The summed E-state index contributed by atoms with van der Waals surface area (Å²) >= 11 is 12.3. The fourth-order valence-corrected chi connectivity index (χ4v) is 5.80. The number of anilines is 1. The second kappa shape index (κ2) is 14.1. The zero-order valence-corrected chi connectivity index (χ0v) is 26.1. The zero-order valence-electron chi connectivity index (χ0n) is 23.7. The average Bonchev–Trinajstić information content (AvgIpc) is 2.94. The number of rotatable bonds is 12. The number of halogens is 2. The summed E-state index contributed by atoms with van der Waals surface area (Å²) < 4.78 is 34.4. The van der Waals surface area contributed by atoms with Gasteiger partial charge in [0, 0.05) is 13.1 Å². The lowest BCUT2D eigenvalue weighted by Crippen LogP contribution is -2.51. The van der Waals surface area contributed by atoms with Crippen molar-refractivity contribution in [1.29, 1.82) is 0 Å². The van der Waals surface area contributed by atoms with Crippen molar-refractivity contribution in [3.8, 4) is 5.75 Å². The number of methoxy groups -OCH3 is 1. The van der Waals surface area contributed by atoms with Crippen molar-refractivity contribution in [3.63, 3.8) is 0 Å². The summed E-state index contributed by atoms with van der Waals surface area (Å²) in [6, 6.07) is 16.9. The van der Waals surface area contributed by atoms with Gasteiger partial charge < -0.3 is 15.0 Å². The summed E-state index contributed by atoms with van der Waals surface area (Å²) in [6.45, 7) is 7.22. The minimum Gasteiger partial charge on any atom is -0.495 e. The second-order valence-corrected chi connectivity index (χ2v) is 12.8. The molecular formula is C30H35Cl2N3O5S. The Morgan fingerprint density at radius 1 is 0.951 bits per heavy atom. The fourth-order valence-electron chi connectivity index (χ4n) is 4.06. The van der Waals surface area contributed by atoms with Crippen LogP contribution in [0.1, 0.15) is 31.9 Å². The number of ether oxygens (including phenoxy) is 1. The Hall–Kier alpha value is -3.27. The summed E-state index contributed by atoms with van der Waals surface area (Å²) in [5, 5.41) is 3.50. The molecule has 1 atom stereocenters. The fraction of sp³-hybridized carbons (Fsp3) is 0.333. The molecule has 0 saturated carbocycles. The number of aryl methyl sites for hydroxylation is 1. The Balaban J connectivity index is 2.06. The van der Waals surface area contributed by atoms with Crippen LogP contribution in [0.5, 0.6) is 5.75 Å². The molecule has 0 aliphatic carbocycles. The van der Waals surface area contributed by atoms with E-state index in [2.05, 4.69) is 5.32 Å². The maximum absolute atomic E-state index is 14.0. The van der Waals surface area contributed by atoms with Gasteiger partial charge in [0.2, 0.25) is 11.8 Å². The summed E-state index contributed by atoms with van der Waals surface area (Å²) in [7, 11) is -2.79. The molecule has 0 unspecified atom stereocenters. The first kappa shape index (κ1) is 32.2. The Bertz CT molecular complexity index is 1480. The van der Waals surface area contributed by atoms with Crippen LogP contribution in [0.3, 0.4) is 0 Å². The van der Waals surface area contributed by atoms with Crippen molar-refractivity contribution in [3.05, 3.63) is 87.9 Å². The molecule has 3 aromatic carbocycles. The van der Waals surface area contributed by atoms with Crippen LogP contribution in [0.15, 0.2) is 71.6 Å². The minimum absolute atomic E-state index is 0.00364. The lowest BCUT2D eigenvalue weighted by atomic mass is 10.1. The molecule has 0 fully saturated rings. The van der Waals surface area contributed by atoms with Gasteiger partial charge in [0.05, 0.1) is 27.7 Å². The number of carbonyl (C=O) groups is 2.